The van der Waals surface area contributed by atoms with Gasteiger partial charge >= 0.3 is 0 Å². The molecule has 0 amide bonds. The van der Waals surface area contributed by atoms with Crippen molar-refractivity contribution in [3.63, 3.8) is 0 Å². The fourth-order valence-electron chi connectivity index (χ4n) is 4.64. The van der Waals surface area contributed by atoms with Crippen molar-refractivity contribution in [1.29, 1.82) is 0 Å². The molecule has 4 nitrogen and oxygen atoms in total. The van der Waals surface area contributed by atoms with Gasteiger partial charge in [0.25, 0.3) is 5.56 Å². The molecule has 2 aromatic heterocycles. The van der Waals surface area contributed by atoms with Crippen LogP contribution in [-0.2, 0) is 19.4 Å². The molecule has 26 heavy (non-hydrogen) atoms. The first-order chi connectivity index (χ1) is 12.7. The average Bonchev–Trinajstić information content (AvgIpc) is 3.31. The topological polar surface area (TPSA) is 49.0 Å². The van der Waals surface area contributed by atoms with Gasteiger partial charge in [0.1, 0.15) is 10.7 Å². The third-order valence-corrected chi connectivity index (χ3v) is 7.07. The first-order valence-corrected chi connectivity index (χ1v) is 10.4. The van der Waals surface area contributed by atoms with E-state index in [4.69, 9.17) is 4.98 Å². The Morgan fingerprint density at radius 1 is 1.27 bits per heavy atom. The van der Waals surface area contributed by atoms with Gasteiger partial charge in [0.15, 0.2) is 0 Å². The van der Waals surface area contributed by atoms with E-state index < -0.39 is 0 Å². The minimum atomic E-state index is 0.0519. The molecule has 1 N–H and O–H groups in total. The maximum absolute atomic E-state index is 12.7. The number of thiophene rings is 1. The molecule has 1 aliphatic heterocycles. The number of nitrogens with zero attached hydrogens (tertiary/aromatic N) is 2. The Balaban J connectivity index is 1.47. The highest BCUT2D eigenvalue weighted by molar-refractivity contribution is 7.18. The van der Waals surface area contributed by atoms with Crippen molar-refractivity contribution in [3.05, 3.63) is 62.0 Å². The predicted octanol–water partition coefficient (Wildman–Crippen LogP) is 4.12. The van der Waals surface area contributed by atoms with Crippen molar-refractivity contribution in [2.75, 3.05) is 6.54 Å². The minimum Gasteiger partial charge on any atom is -0.309 e. The molecule has 0 saturated carbocycles. The van der Waals surface area contributed by atoms with E-state index in [9.17, 15) is 4.79 Å². The molecule has 0 spiro atoms. The number of aryl methyl sites for hydroxylation is 3. The van der Waals surface area contributed by atoms with Crippen LogP contribution in [0.15, 0.2) is 29.1 Å². The molecule has 1 atom stereocenters. The Morgan fingerprint density at radius 3 is 3.04 bits per heavy atom. The number of aromatic amines is 1. The molecule has 3 heterocycles. The lowest BCUT2D eigenvalue weighted by atomic mass is 9.99. The number of aromatic nitrogens is 2. The minimum absolute atomic E-state index is 0.0519. The predicted molar refractivity (Wildman–Crippen MR) is 106 cm³/mol. The monoisotopic (exact) mass is 365 g/mol. The standard InChI is InChI=1S/C21H23N3OS/c1-13-6-2-3-7-14(13)16-9-5-11-24(16)12-18-22-20(25)19-15-8-4-10-17(15)26-21(19)23-18/h2-3,6-7,16H,4-5,8-12H2,1H3,(H,22,23,25). The van der Waals surface area contributed by atoms with Crippen molar-refractivity contribution >= 4 is 21.6 Å². The number of likely N-dealkylation sites (tertiary alicyclic amines) is 1. The number of H-pyrrole nitrogens is 1. The van der Waals surface area contributed by atoms with Crippen LogP contribution in [0.25, 0.3) is 10.2 Å². The second-order valence-electron chi connectivity index (χ2n) is 7.54. The van der Waals surface area contributed by atoms with E-state index in [0.717, 1.165) is 35.4 Å². The van der Waals surface area contributed by atoms with Crippen LogP contribution < -0.4 is 5.56 Å². The average molecular weight is 366 g/mol. The summed E-state index contributed by atoms with van der Waals surface area (Å²) in [6.07, 6.45) is 5.67. The molecule has 1 aromatic carbocycles. The number of fused-ring (bicyclic) bond motifs is 3. The number of rotatable bonds is 3. The third kappa shape index (κ3) is 2.61. The molecule has 2 aliphatic rings. The van der Waals surface area contributed by atoms with E-state index >= 15 is 0 Å². The van der Waals surface area contributed by atoms with E-state index in [1.54, 1.807) is 11.3 Å². The molecule has 3 aromatic rings. The van der Waals surface area contributed by atoms with Crippen LogP contribution in [0.5, 0.6) is 0 Å². The Morgan fingerprint density at radius 2 is 2.15 bits per heavy atom. The normalized spacial score (nSPS) is 20.1. The van der Waals surface area contributed by atoms with Crippen LogP contribution >= 0.6 is 11.3 Å². The molecule has 134 valence electrons. The maximum atomic E-state index is 12.7. The fourth-order valence-corrected chi connectivity index (χ4v) is 5.92. The third-order valence-electron chi connectivity index (χ3n) is 5.89. The van der Waals surface area contributed by atoms with Crippen LogP contribution in [0.3, 0.4) is 0 Å². The zero-order valence-electron chi connectivity index (χ0n) is 15.0. The smallest absolute Gasteiger partial charge is 0.259 e. The van der Waals surface area contributed by atoms with Crippen LogP contribution in [0.2, 0.25) is 0 Å². The summed E-state index contributed by atoms with van der Waals surface area (Å²) in [6, 6.07) is 9.07. The van der Waals surface area contributed by atoms with Gasteiger partial charge in [-0.05, 0) is 62.3 Å². The second kappa shape index (κ2) is 6.32. The maximum Gasteiger partial charge on any atom is 0.259 e. The number of nitrogens with one attached hydrogen (secondary N) is 1. The van der Waals surface area contributed by atoms with Crippen LogP contribution in [0, 0.1) is 6.92 Å². The lowest BCUT2D eigenvalue weighted by molar-refractivity contribution is 0.242. The van der Waals surface area contributed by atoms with E-state index in [1.807, 2.05) is 0 Å². The summed E-state index contributed by atoms with van der Waals surface area (Å²) in [5.74, 6) is 0.808. The summed E-state index contributed by atoms with van der Waals surface area (Å²) in [5.41, 5.74) is 4.06. The lowest BCUT2D eigenvalue weighted by Crippen LogP contribution is -2.26. The Labute approximate surface area is 156 Å². The van der Waals surface area contributed by atoms with Crippen molar-refractivity contribution < 1.29 is 0 Å². The molecule has 1 saturated heterocycles. The van der Waals surface area contributed by atoms with Gasteiger partial charge in [0.05, 0.1) is 11.9 Å². The second-order valence-corrected chi connectivity index (χ2v) is 8.62. The highest BCUT2D eigenvalue weighted by Crippen LogP contribution is 2.36. The first kappa shape index (κ1) is 16.2. The van der Waals surface area contributed by atoms with E-state index in [1.165, 1.54) is 40.8 Å². The highest BCUT2D eigenvalue weighted by atomic mass is 32.1. The summed E-state index contributed by atoms with van der Waals surface area (Å²) in [4.78, 5) is 25.4. The van der Waals surface area contributed by atoms with Crippen molar-refractivity contribution in [3.8, 4) is 0 Å². The van der Waals surface area contributed by atoms with Gasteiger partial charge in [-0.3, -0.25) is 9.69 Å². The summed E-state index contributed by atoms with van der Waals surface area (Å²) in [7, 11) is 0. The quantitative estimate of drug-likeness (QED) is 0.760. The summed E-state index contributed by atoms with van der Waals surface area (Å²) in [6.45, 7) is 3.96. The van der Waals surface area contributed by atoms with Crippen LogP contribution in [0.4, 0.5) is 0 Å². The first-order valence-electron chi connectivity index (χ1n) is 9.54. The van der Waals surface area contributed by atoms with Gasteiger partial charge < -0.3 is 4.98 Å². The Bertz CT molecular complexity index is 1040. The lowest BCUT2D eigenvalue weighted by Gasteiger charge is -2.25. The van der Waals surface area contributed by atoms with Gasteiger partial charge in [-0.1, -0.05) is 24.3 Å². The Kier molecular flexibility index (Phi) is 3.94. The van der Waals surface area contributed by atoms with Crippen LogP contribution in [0.1, 0.15) is 52.7 Å². The molecule has 0 bridgehead atoms. The van der Waals surface area contributed by atoms with Crippen molar-refractivity contribution in [1.82, 2.24) is 14.9 Å². The van der Waals surface area contributed by atoms with Gasteiger partial charge in [-0.15, -0.1) is 11.3 Å². The molecular formula is C21H23N3OS. The number of benzene rings is 1. The summed E-state index contributed by atoms with van der Waals surface area (Å²) < 4.78 is 0. The highest BCUT2D eigenvalue weighted by Gasteiger charge is 2.28. The largest absolute Gasteiger partial charge is 0.309 e. The number of hydrogen-bond donors (Lipinski definition) is 1. The molecule has 5 rings (SSSR count). The van der Waals surface area contributed by atoms with Crippen molar-refractivity contribution in [2.45, 2.75) is 51.6 Å². The Hall–Kier alpha value is -1.98. The van der Waals surface area contributed by atoms with Gasteiger partial charge in [-0.25, -0.2) is 4.98 Å². The SMILES string of the molecule is Cc1ccccc1C1CCCN1Cc1nc2sc3c(c2c(=O)[nH]1)CCC3. The van der Waals surface area contributed by atoms with Gasteiger partial charge in [0.2, 0.25) is 0 Å². The summed E-state index contributed by atoms with van der Waals surface area (Å²) >= 11 is 1.72. The molecule has 1 fully saturated rings. The molecular weight excluding hydrogens is 342 g/mol. The molecule has 1 aliphatic carbocycles. The molecule has 0 radical (unpaired) electrons. The molecule has 1 unspecified atom stereocenters. The van der Waals surface area contributed by atoms with Crippen molar-refractivity contribution in [2.24, 2.45) is 0 Å². The fraction of sp³-hybridized carbons (Fsp3) is 0.429. The summed E-state index contributed by atoms with van der Waals surface area (Å²) in [5, 5.41) is 0.850. The molecule has 5 heteroatoms. The van der Waals surface area contributed by atoms with Gasteiger partial charge in [-0.2, -0.15) is 0 Å². The van der Waals surface area contributed by atoms with Gasteiger partial charge in [0, 0.05) is 10.9 Å². The van der Waals surface area contributed by atoms with E-state index in [2.05, 4.69) is 41.1 Å². The number of hydrogen-bond acceptors (Lipinski definition) is 4. The van der Waals surface area contributed by atoms with E-state index in [-0.39, 0.29) is 5.56 Å². The van der Waals surface area contributed by atoms with Crippen LogP contribution in [-0.4, -0.2) is 21.4 Å². The van der Waals surface area contributed by atoms with E-state index in [0.29, 0.717) is 12.6 Å². The zero-order chi connectivity index (χ0) is 17.7. The zero-order valence-corrected chi connectivity index (χ0v) is 15.9.